The van der Waals surface area contributed by atoms with Crippen molar-refractivity contribution in [3.8, 4) is 0 Å². The summed E-state index contributed by atoms with van der Waals surface area (Å²) in [4.78, 5) is 47.3. The molecule has 0 unspecified atom stereocenters. The number of benzene rings is 2. The molecule has 0 aliphatic heterocycles. The van der Waals surface area contributed by atoms with Gasteiger partial charge in [-0.15, -0.1) is 0 Å². The molecule has 1 amide bonds. The number of amides is 1. The maximum absolute atomic E-state index is 14.1. The zero-order valence-electron chi connectivity index (χ0n) is 15.9. The molecular weight excluding hydrogens is 385 g/mol. The van der Waals surface area contributed by atoms with Crippen LogP contribution in [-0.2, 0) is 9.53 Å². The number of hydrogen-bond donors (Lipinski definition) is 1. The minimum absolute atomic E-state index is 0.114. The number of hydrogen-bond acceptors (Lipinski definition) is 7. The number of esters is 1. The summed E-state index contributed by atoms with van der Waals surface area (Å²) < 4.78 is 18.9. The van der Waals surface area contributed by atoms with Crippen LogP contribution in [0.2, 0.25) is 0 Å². The van der Waals surface area contributed by atoms with E-state index in [4.69, 9.17) is 4.74 Å². The number of Topliss-reactive ketones (excluding diaryl/α,β-unsaturated/α-hetero) is 1. The molecule has 0 saturated carbocycles. The number of nitrogens with zero attached hydrogens (tertiary/aromatic N) is 2. The maximum atomic E-state index is 14.1. The summed E-state index contributed by atoms with van der Waals surface area (Å²) in [7, 11) is 3.23. The van der Waals surface area contributed by atoms with Crippen molar-refractivity contribution in [2.24, 2.45) is 0 Å². The number of nitro groups is 1. The molecule has 0 fully saturated rings. The standard InChI is InChI=1S/C19H18FN3O6/c1-11(24)21-13-5-6-14(15(20)9-13)18(25)10-29-19(26)12-4-7-16(22(2)3)17(8-12)23(27)28/h4-9H,10H2,1-3H3,(H,21,24). The van der Waals surface area contributed by atoms with Crippen LogP contribution in [0.3, 0.4) is 0 Å². The molecule has 0 saturated heterocycles. The summed E-state index contributed by atoms with van der Waals surface area (Å²) in [5.74, 6) is -3.04. The predicted molar refractivity (Wildman–Crippen MR) is 103 cm³/mol. The first-order valence-corrected chi connectivity index (χ1v) is 8.33. The van der Waals surface area contributed by atoms with Crippen molar-refractivity contribution in [3.63, 3.8) is 0 Å². The highest BCUT2D eigenvalue weighted by Gasteiger charge is 2.21. The second-order valence-corrected chi connectivity index (χ2v) is 6.23. The van der Waals surface area contributed by atoms with Crippen molar-refractivity contribution < 1.29 is 28.4 Å². The second-order valence-electron chi connectivity index (χ2n) is 6.23. The lowest BCUT2D eigenvalue weighted by molar-refractivity contribution is -0.384. The Morgan fingerprint density at radius 2 is 1.86 bits per heavy atom. The van der Waals surface area contributed by atoms with Gasteiger partial charge in [-0.1, -0.05) is 0 Å². The van der Waals surface area contributed by atoms with Crippen LogP contribution in [0.5, 0.6) is 0 Å². The van der Waals surface area contributed by atoms with Crippen molar-refractivity contribution in [3.05, 3.63) is 63.5 Å². The van der Waals surface area contributed by atoms with E-state index in [0.717, 1.165) is 18.2 Å². The zero-order chi connectivity index (χ0) is 21.7. The first-order valence-electron chi connectivity index (χ1n) is 8.33. The molecule has 0 spiro atoms. The van der Waals surface area contributed by atoms with Crippen molar-refractivity contribution in [2.75, 3.05) is 30.9 Å². The lowest BCUT2D eigenvalue weighted by Gasteiger charge is -2.13. The van der Waals surface area contributed by atoms with Gasteiger partial charge in [0.2, 0.25) is 11.7 Å². The number of nitrogens with one attached hydrogen (secondary N) is 1. The Hall–Kier alpha value is -3.82. The van der Waals surface area contributed by atoms with Crippen molar-refractivity contribution in [1.29, 1.82) is 0 Å². The maximum Gasteiger partial charge on any atom is 0.338 e. The van der Waals surface area contributed by atoms with Gasteiger partial charge in [-0.25, -0.2) is 9.18 Å². The minimum atomic E-state index is -0.956. The minimum Gasteiger partial charge on any atom is -0.454 e. The number of halogens is 1. The van der Waals surface area contributed by atoms with E-state index < -0.39 is 35.0 Å². The fourth-order valence-electron chi connectivity index (χ4n) is 2.49. The van der Waals surface area contributed by atoms with Gasteiger partial charge in [0.15, 0.2) is 6.61 Å². The molecule has 10 heteroatoms. The van der Waals surface area contributed by atoms with Gasteiger partial charge in [-0.3, -0.25) is 19.7 Å². The number of ketones is 1. The Balaban J connectivity index is 2.11. The van der Waals surface area contributed by atoms with Gasteiger partial charge in [0, 0.05) is 32.8 Å². The molecule has 0 aliphatic rings. The summed E-state index contributed by atoms with van der Waals surface area (Å²) in [6.07, 6.45) is 0. The third-order valence-corrected chi connectivity index (χ3v) is 3.81. The van der Waals surface area contributed by atoms with Gasteiger partial charge in [0.25, 0.3) is 5.69 Å². The Morgan fingerprint density at radius 3 is 2.41 bits per heavy atom. The second kappa shape index (κ2) is 8.91. The molecule has 0 aliphatic carbocycles. The summed E-state index contributed by atoms with van der Waals surface area (Å²) in [6.45, 7) is 0.504. The fraction of sp³-hybridized carbons (Fsp3) is 0.211. The molecule has 0 aromatic heterocycles. The normalized spacial score (nSPS) is 10.2. The van der Waals surface area contributed by atoms with Crippen LogP contribution in [0, 0.1) is 15.9 Å². The van der Waals surface area contributed by atoms with Crippen LogP contribution in [0.25, 0.3) is 0 Å². The highest BCUT2D eigenvalue weighted by atomic mass is 19.1. The fourth-order valence-corrected chi connectivity index (χ4v) is 2.49. The van der Waals surface area contributed by atoms with Gasteiger partial charge < -0.3 is 15.0 Å². The zero-order valence-corrected chi connectivity index (χ0v) is 15.9. The van der Waals surface area contributed by atoms with E-state index in [2.05, 4.69) is 5.32 Å². The summed E-state index contributed by atoms with van der Waals surface area (Å²) in [5, 5.41) is 13.6. The van der Waals surface area contributed by atoms with Crippen LogP contribution in [0.1, 0.15) is 27.6 Å². The third kappa shape index (κ3) is 5.34. The van der Waals surface area contributed by atoms with Gasteiger partial charge in [0.05, 0.1) is 16.1 Å². The smallest absolute Gasteiger partial charge is 0.338 e. The van der Waals surface area contributed by atoms with Gasteiger partial charge in [-0.2, -0.15) is 0 Å². The summed E-state index contributed by atoms with van der Waals surface area (Å²) in [5.41, 5.74) is -0.256. The first-order chi connectivity index (χ1) is 13.6. The Morgan fingerprint density at radius 1 is 1.17 bits per heavy atom. The molecule has 9 nitrogen and oxygen atoms in total. The summed E-state index contributed by atoms with van der Waals surface area (Å²) >= 11 is 0. The number of nitro benzene ring substituents is 1. The third-order valence-electron chi connectivity index (χ3n) is 3.81. The van der Waals surface area contributed by atoms with Crippen LogP contribution >= 0.6 is 0 Å². The summed E-state index contributed by atoms with van der Waals surface area (Å²) in [6, 6.07) is 7.23. The number of carbonyl (C=O) groups excluding carboxylic acids is 3. The van der Waals surface area contributed by atoms with E-state index in [-0.39, 0.29) is 22.5 Å². The van der Waals surface area contributed by atoms with Crippen LogP contribution in [-0.4, -0.2) is 43.3 Å². The number of carbonyl (C=O) groups is 3. The lowest BCUT2D eigenvalue weighted by atomic mass is 10.1. The molecule has 152 valence electrons. The van der Waals surface area contributed by atoms with Crippen LogP contribution in [0.15, 0.2) is 36.4 Å². The van der Waals surface area contributed by atoms with Crippen LogP contribution < -0.4 is 10.2 Å². The Labute approximate surface area is 165 Å². The molecule has 1 N–H and O–H groups in total. The quantitative estimate of drug-likeness (QED) is 0.327. The van der Waals surface area contributed by atoms with Gasteiger partial charge >= 0.3 is 5.97 Å². The van der Waals surface area contributed by atoms with E-state index >= 15 is 0 Å². The van der Waals surface area contributed by atoms with Crippen molar-refractivity contribution >= 4 is 34.7 Å². The average molecular weight is 403 g/mol. The molecule has 0 heterocycles. The van der Waals surface area contributed by atoms with E-state index in [1.54, 1.807) is 14.1 Å². The highest BCUT2D eigenvalue weighted by molar-refractivity contribution is 6.00. The molecule has 0 atom stereocenters. The number of rotatable bonds is 7. The Bertz CT molecular complexity index is 990. The van der Waals surface area contributed by atoms with Gasteiger partial charge in [0.1, 0.15) is 11.5 Å². The predicted octanol–water partition coefficient (Wildman–Crippen LogP) is 2.80. The average Bonchev–Trinajstić information content (AvgIpc) is 2.64. The molecule has 0 radical (unpaired) electrons. The monoisotopic (exact) mass is 403 g/mol. The molecule has 2 aromatic rings. The van der Waals surface area contributed by atoms with E-state index in [1.807, 2.05) is 0 Å². The number of ether oxygens (including phenoxy) is 1. The van der Waals surface area contributed by atoms with E-state index in [1.165, 1.54) is 30.0 Å². The lowest BCUT2D eigenvalue weighted by Crippen LogP contribution is -2.16. The van der Waals surface area contributed by atoms with Crippen LogP contribution in [0.4, 0.5) is 21.5 Å². The van der Waals surface area contributed by atoms with Crippen molar-refractivity contribution in [2.45, 2.75) is 6.92 Å². The number of anilines is 2. The molecule has 2 rings (SSSR count). The van der Waals surface area contributed by atoms with Gasteiger partial charge in [-0.05, 0) is 30.3 Å². The molecule has 0 bridgehead atoms. The molecular formula is C19H18FN3O6. The van der Waals surface area contributed by atoms with E-state index in [9.17, 15) is 28.9 Å². The highest BCUT2D eigenvalue weighted by Crippen LogP contribution is 2.28. The Kier molecular flexibility index (Phi) is 6.60. The first kappa shape index (κ1) is 21.5. The molecule has 2 aromatic carbocycles. The van der Waals surface area contributed by atoms with E-state index in [0.29, 0.717) is 5.69 Å². The van der Waals surface area contributed by atoms with Crippen molar-refractivity contribution in [1.82, 2.24) is 0 Å². The largest absolute Gasteiger partial charge is 0.454 e. The SMILES string of the molecule is CC(=O)Nc1ccc(C(=O)COC(=O)c2ccc(N(C)C)c([N+](=O)[O-])c2)c(F)c1. The topological polar surface area (TPSA) is 119 Å². The molecule has 29 heavy (non-hydrogen) atoms.